The van der Waals surface area contributed by atoms with Crippen LogP contribution in [0.2, 0.25) is 0 Å². The van der Waals surface area contributed by atoms with E-state index in [2.05, 4.69) is 20.1 Å². The van der Waals surface area contributed by atoms with Crippen LogP contribution in [-0.2, 0) is 14.3 Å². The Balaban J connectivity index is 0.941. The first-order valence-corrected chi connectivity index (χ1v) is 17.0. The fraction of sp³-hybridized carbons (Fsp3) is 0.424. The van der Waals surface area contributed by atoms with Crippen molar-refractivity contribution in [3.8, 4) is 17.0 Å². The third-order valence-electron chi connectivity index (χ3n) is 9.18. The second-order valence-electron chi connectivity index (χ2n) is 12.2. The Morgan fingerprint density at radius 3 is 2.37 bits per heavy atom. The number of carbonyl (C=O) groups is 4. The number of aromatic nitrogens is 1. The standard InChI is InChI=1S/C33H33F3N6O6S/c34-22-3-2-19(24-18-49-33(37-24)41-11-14-47-15-12-41)29(28(22)36)48-13-1-6-39-7-9-40(10-8-39)26-17-21-20(16-23(26)35)31(45)42(32(21)46)25-4-5-27(43)38-30(25)44/h2-3,16-18,25H,1,4-15H2,(H,38,43,44). The number of thiazole rings is 1. The predicted molar refractivity (Wildman–Crippen MR) is 172 cm³/mol. The van der Waals surface area contributed by atoms with Gasteiger partial charge in [-0.05, 0) is 37.1 Å². The monoisotopic (exact) mass is 698 g/mol. The predicted octanol–water partition coefficient (Wildman–Crippen LogP) is 3.06. The van der Waals surface area contributed by atoms with E-state index in [1.165, 1.54) is 23.5 Å². The van der Waals surface area contributed by atoms with E-state index in [1.54, 1.807) is 10.3 Å². The lowest BCUT2D eigenvalue weighted by molar-refractivity contribution is -0.136. The smallest absolute Gasteiger partial charge is 0.262 e. The van der Waals surface area contributed by atoms with Gasteiger partial charge in [-0.1, -0.05) is 0 Å². The highest BCUT2D eigenvalue weighted by atomic mass is 32.1. The van der Waals surface area contributed by atoms with Gasteiger partial charge in [-0.3, -0.25) is 34.3 Å². The van der Waals surface area contributed by atoms with Gasteiger partial charge in [0.05, 0.1) is 42.3 Å². The molecule has 1 atom stereocenters. The summed E-state index contributed by atoms with van der Waals surface area (Å²) in [6.45, 7) is 5.35. The summed E-state index contributed by atoms with van der Waals surface area (Å²) in [7, 11) is 0. The van der Waals surface area contributed by atoms with E-state index in [0.717, 1.165) is 22.2 Å². The fourth-order valence-electron chi connectivity index (χ4n) is 6.56. The average Bonchev–Trinajstić information content (AvgIpc) is 3.68. The molecule has 0 aliphatic carbocycles. The number of hydrogen-bond acceptors (Lipinski definition) is 11. The molecule has 2 aromatic carbocycles. The number of ether oxygens (including phenoxy) is 2. The summed E-state index contributed by atoms with van der Waals surface area (Å²) in [5.74, 6) is -5.57. The van der Waals surface area contributed by atoms with Crippen LogP contribution in [0.4, 0.5) is 24.0 Å². The maximum atomic E-state index is 15.3. The average molecular weight is 699 g/mol. The number of fused-ring (bicyclic) bond motifs is 1. The summed E-state index contributed by atoms with van der Waals surface area (Å²) in [4.78, 5) is 61.6. The first-order chi connectivity index (χ1) is 23.7. The largest absolute Gasteiger partial charge is 0.490 e. The minimum Gasteiger partial charge on any atom is -0.490 e. The maximum Gasteiger partial charge on any atom is 0.262 e. The number of morpholine rings is 1. The van der Waals surface area contributed by atoms with Crippen molar-refractivity contribution in [2.24, 2.45) is 0 Å². The molecule has 1 N–H and O–H groups in total. The Kier molecular flexibility index (Phi) is 9.26. The Morgan fingerprint density at radius 1 is 0.898 bits per heavy atom. The number of amides is 4. The van der Waals surface area contributed by atoms with E-state index < -0.39 is 47.1 Å². The molecule has 0 spiro atoms. The molecule has 0 radical (unpaired) electrons. The minimum atomic E-state index is -1.13. The molecule has 49 heavy (non-hydrogen) atoms. The number of hydrogen-bond donors (Lipinski definition) is 1. The van der Waals surface area contributed by atoms with Crippen LogP contribution >= 0.6 is 11.3 Å². The maximum absolute atomic E-state index is 15.3. The molecule has 12 nitrogen and oxygen atoms in total. The molecular weight excluding hydrogens is 665 g/mol. The van der Waals surface area contributed by atoms with Gasteiger partial charge in [0.2, 0.25) is 17.6 Å². The summed E-state index contributed by atoms with van der Waals surface area (Å²) in [5, 5.41) is 4.73. The zero-order valence-electron chi connectivity index (χ0n) is 26.4. The molecule has 0 bridgehead atoms. The van der Waals surface area contributed by atoms with Crippen LogP contribution in [0.25, 0.3) is 11.3 Å². The van der Waals surface area contributed by atoms with Crippen LogP contribution in [0.3, 0.4) is 0 Å². The van der Waals surface area contributed by atoms with Crippen molar-refractivity contribution in [3.05, 3.63) is 58.2 Å². The molecule has 4 amide bonds. The van der Waals surface area contributed by atoms with Crippen LogP contribution in [0, 0.1) is 17.5 Å². The normalized spacial score (nSPS) is 20.2. The van der Waals surface area contributed by atoms with Gasteiger partial charge in [-0.15, -0.1) is 11.3 Å². The Bertz CT molecular complexity index is 1810. The highest BCUT2D eigenvalue weighted by Crippen LogP contribution is 2.37. The van der Waals surface area contributed by atoms with Gasteiger partial charge in [0.25, 0.3) is 11.8 Å². The second kappa shape index (κ2) is 13.8. The van der Waals surface area contributed by atoms with Crippen LogP contribution in [-0.4, -0.2) is 110 Å². The van der Waals surface area contributed by atoms with Crippen LogP contribution < -0.4 is 19.9 Å². The molecule has 7 rings (SSSR count). The molecule has 3 aromatic rings. The molecule has 258 valence electrons. The number of imide groups is 2. The van der Waals surface area contributed by atoms with Gasteiger partial charge < -0.3 is 19.3 Å². The summed E-state index contributed by atoms with van der Waals surface area (Å²) in [5.41, 5.74) is 0.968. The number of nitrogens with one attached hydrogen (secondary N) is 1. The molecule has 5 heterocycles. The quantitative estimate of drug-likeness (QED) is 0.264. The first-order valence-electron chi connectivity index (χ1n) is 16.1. The number of piperidine rings is 1. The molecule has 4 aliphatic rings. The van der Waals surface area contributed by atoms with E-state index >= 15 is 4.39 Å². The summed E-state index contributed by atoms with van der Waals surface area (Å²) in [6, 6.07) is 3.80. The van der Waals surface area contributed by atoms with E-state index in [0.29, 0.717) is 76.7 Å². The van der Waals surface area contributed by atoms with Crippen LogP contribution in [0.1, 0.15) is 40.0 Å². The van der Waals surface area contributed by atoms with Gasteiger partial charge in [-0.2, -0.15) is 4.39 Å². The second-order valence-corrected chi connectivity index (χ2v) is 13.0. The fourth-order valence-corrected chi connectivity index (χ4v) is 7.44. The Hall–Kier alpha value is -4.54. The Morgan fingerprint density at radius 2 is 1.63 bits per heavy atom. The molecule has 0 saturated carbocycles. The molecule has 16 heteroatoms. The van der Waals surface area contributed by atoms with E-state index in [4.69, 9.17) is 9.47 Å². The van der Waals surface area contributed by atoms with Gasteiger partial charge in [0, 0.05) is 63.2 Å². The summed E-state index contributed by atoms with van der Waals surface area (Å²) in [6.07, 6.45) is 0.524. The number of halogens is 3. The van der Waals surface area contributed by atoms with E-state index in [-0.39, 0.29) is 42.0 Å². The van der Waals surface area contributed by atoms with Crippen molar-refractivity contribution < 1.29 is 41.8 Å². The number of anilines is 2. The SMILES string of the molecule is O=C1CCC(N2C(=O)c3cc(F)c(N4CCN(CCCOc5c(-c6csc(N7CCOCC7)n6)ccc(F)c5F)CC4)cc3C2=O)C(=O)N1. The van der Waals surface area contributed by atoms with Crippen LogP contribution in [0.5, 0.6) is 5.75 Å². The van der Waals surface area contributed by atoms with Gasteiger partial charge in [0.15, 0.2) is 16.7 Å². The van der Waals surface area contributed by atoms with Crippen molar-refractivity contribution in [2.45, 2.75) is 25.3 Å². The number of benzene rings is 2. The third-order valence-corrected chi connectivity index (χ3v) is 10.1. The van der Waals surface area contributed by atoms with Gasteiger partial charge in [-0.25, -0.2) is 13.8 Å². The molecule has 3 saturated heterocycles. The summed E-state index contributed by atoms with van der Waals surface area (Å²) >= 11 is 1.42. The molecule has 1 unspecified atom stereocenters. The lowest BCUT2D eigenvalue weighted by atomic mass is 10.0. The van der Waals surface area contributed by atoms with Crippen molar-refractivity contribution in [2.75, 3.05) is 75.4 Å². The minimum absolute atomic E-state index is 0.00829. The molecule has 3 fully saturated rings. The molecular formula is C33H33F3N6O6S. The van der Waals surface area contributed by atoms with Crippen molar-refractivity contribution >= 4 is 45.8 Å². The molecule has 4 aliphatic heterocycles. The molecule has 1 aromatic heterocycles. The summed E-state index contributed by atoms with van der Waals surface area (Å²) < 4.78 is 55.7. The highest BCUT2D eigenvalue weighted by molar-refractivity contribution is 7.14. The number of carbonyl (C=O) groups excluding carboxylic acids is 4. The lowest BCUT2D eigenvalue weighted by Gasteiger charge is -2.36. The lowest BCUT2D eigenvalue weighted by Crippen LogP contribution is -2.54. The number of nitrogens with zero attached hydrogens (tertiary/aromatic N) is 5. The van der Waals surface area contributed by atoms with Crippen LogP contribution in [0.15, 0.2) is 29.6 Å². The van der Waals surface area contributed by atoms with Crippen molar-refractivity contribution in [1.82, 2.24) is 20.1 Å². The van der Waals surface area contributed by atoms with E-state index in [9.17, 15) is 28.0 Å². The zero-order valence-corrected chi connectivity index (χ0v) is 27.2. The van der Waals surface area contributed by atoms with Gasteiger partial charge >= 0.3 is 0 Å². The topological polar surface area (TPSA) is 125 Å². The number of rotatable bonds is 9. The Labute approximate surface area is 283 Å². The highest BCUT2D eigenvalue weighted by Gasteiger charge is 2.45. The van der Waals surface area contributed by atoms with Gasteiger partial charge in [0.1, 0.15) is 11.9 Å². The van der Waals surface area contributed by atoms with Crippen molar-refractivity contribution in [3.63, 3.8) is 0 Å². The van der Waals surface area contributed by atoms with Crippen molar-refractivity contribution in [1.29, 1.82) is 0 Å². The number of piperazine rings is 1. The third kappa shape index (κ3) is 6.47. The first kappa shape index (κ1) is 33.0. The van der Waals surface area contributed by atoms with E-state index in [1.807, 2.05) is 0 Å². The zero-order chi connectivity index (χ0) is 34.2.